The van der Waals surface area contributed by atoms with Crippen LogP contribution in [0.2, 0.25) is 0 Å². The van der Waals surface area contributed by atoms with Crippen molar-refractivity contribution in [3.8, 4) is 6.07 Å². The first kappa shape index (κ1) is 13.8. The minimum atomic E-state index is 0.671. The van der Waals surface area contributed by atoms with Gasteiger partial charge in [0.05, 0.1) is 5.69 Å². The molecule has 0 unspecified atom stereocenters. The van der Waals surface area contributed by atoms with Gasteiger partial charge in [-0.15, -0.1) is 5.10 Å². The summed E-state index contributed by atoms with van der Waals surface area (Å²) in [6, 6.07) is 2.27. The predicted octanol–water partition coefficient (Wildman–Crippen LogP) is 1.53. The second-order valence-electron chi connectivity index (χ2n) is 5.23. The lowest BCUT2D eigenvalue weighted by Gasteiger charge is -2.33. The second kappa shape index (κ2) is 5.98. The Morgan fingerprint density at radius 2 is 2.00 bits per heavy atom. The van der Waals surface area contributed by atoms with Crippen LogP contribution in [0.4, 0.5) is 5.82 Å². The summed E-state index contributed by atoms with van der Waals surface area (Å²) in [6.07, 6.45) is 3.34. The van der Waals surface area contributed by atoms with E-state index < -0.39 is 0 Å². The molecular weight excluding hydrogens is 238 g/mol. The third kappa shape index (κ3) is 2.85. The molecule has 0 spiro atoms. The molecule has 1 fully saturated rings. The first-order valence-corrected chi connectivity index (χ1v) is 6.86. The van der Waals surface area contributed by atoms with Crippen LogP contribution in [0.5, 0.6) is 0 Å². The molecule has 1 aromatic rings. The highest BCUT2D eigenvalue weighted by atomic mass is 15.3. The van der Waals surface area contributed by atoms with Gasteiger partial charge in [0, 0.05) is 13.1 Å². The van der Waals surface area contributed by atoms with E-state index in [-0.39, 0.29) is 0 Å². The van der Waals surface area contributed by atoms with Crippen LogP contribution >= 0.6 is 0 Å². The topological polar surface area (TPSA) is 78.8 Å². The predicted molar refractivity (Wildman–Crippen MR) is 74.8 cm³/mol. The summed E-state index contributed by atoms with van der Waals surface area (Å²) < 4.78 is 0. The number of hydrogen-bond donors (Lipinski definition) is 1. The maximum atomic E-state index is 9.33. The van der Waals surface area contributed by atoms with Gasteiger partial charge in [-0.1, -0.05) is 0 Å². The Kier molecular flexibility index (Phi) is 4.33. The molecule has 0 aliphatic carbocycles. The highest BCUT2D eigenvalue weighted by molar-refractivity contribution is 5.57. The molecule has 0 saturated carbocycles. The Balaban J connectivity index is 2.16. The Morgan fingerprint density at radius 1 is 1.32 bits per heavy atom. The van der Waals surface area contributed by atoms with E-state index in [9.17, 15) is 5.26 Å². The van der Waals surface area contributed by atoms with Crippen LogP contribution in [-0.2, 0) is 0 Å². The Hall–Kier alpha value is -1.67. The van der Waals surface area contributed by atoms with E-state index in [1.807, 2.05) is 13.8 Å². The molecule has 1 saturated heterocycles. The van der Waals surface area contributed by atoms with Gasteiger partial charge < -0.3 is 10.6 Å². The fourth-order valence-electron chi connectivity index (χ4n) is 2.62. The van der Waals surface area contributed by atoms with Crippen molar-refractivity contribution in [1.82, 2.24) is 10.2 Å². The average molecular weight is 259 g/mol. The van der Waals surface area contributed by atoms with Crippen molar-refractivity contribution in [1.29, 1.82) is 5.26 Å². The number of aryl methyl sites for hydroxylation is 1. The molecule has 2 rings (SSSR count). The van der Waals surface area contributed by atoms with Crippen molar-refractivity contribution in [2.24, 2.45) is 11.7 Å². The summed E-state index contributed by atoms with van der Waals surface area (Å²) in [7, 11) is 0. The Morgan fingerprint density at radius 3 is 2.58 bits per heavy atom. The van der Waals surface area contributed by atoms with Gasteiger partial charge in [0.25, 0.3) is 0 Å². The number of anilines is 1. The summed E-state index contributed by atoms with van der Waals surface area (Å²) in [4.78, 5) is 2.19. The molecule has 2 N–H and O–H groups in total. The van der Waals surface area contributed by atoms with Crippen molar-refractivity contribution in [3.63, 3.8) is 0 Å². The van der Waals surface area contributed by atoms with Crippen LogP contribution in [0.15, 0.2) is 0 Å². The quantitative estimate of drug-likeness (QED) is 0.890. The molecule has 1 aliphatic heterocycles. The van der Waals surface area contributed by atoms with Crippen molar-refractivity contribution in [3.05, 3.63) is 16.8 Å². The number of nitrogens with two attached hydrogens (primary N) is 1. The summed E-state index contributed by atoms with van der Waals surface area (Å²) in [5.74, 6) is 1.46. The number of hydrogen-bond acceptors (Lipinski definition) is 5. The smallest absolute Gasteiger partial charge is 0.169 e. The van der Waals surface area contributed by atoms with Gasteiger partial charge in [-0.3, -0.25) is 0 Å². The normalized spacial score (nSPS) is 16.4. The zero-order chi connectivity index (χ0) is 13.8. The number of piperidine rings is 1. The minimum absolute atomic E-state index is 0.671. The van der Waals surface area contributed by atoms with Gasteiger partial charge in [0.2, 0.25) is 0 Å². The van der Waals surface area contributed by atoms with Crippen molar-refractivity contribution in [2.45, 2.75) is 33.1 Å². The van der Waals surface area contributed by atoms with E-state index in [0.29, 0.717) is 11.5 Å². The van der Waals surface area contributed by atoms with Crippen LogP contribution in [-0.4, -0.2) is 29.8 Å². The molecule has 102 valence electrons. The molecule has 0 radical (unpaired) electrons. The Bertz CT molecular complexity index is 483. The lowest BCUT2D eigenvalue weighted by Crippen LogP contribution is -2.35. The largest absolute Gasteiger partial charge is 0.354 e. The molecule has 0 amide bonds. The van der Waals surface area contributed by atoms with E-state index in [4.69, 9.17) is 5.73 Å². The summed E-state index contributed by atoms with van der Waals surface area (Å²) in [5.41, 5.74) is 8.05. The summed E-state index contributed by atoms with van der Waals surface area (Å²) >= 11 is 0. The van der Waals surface area contributed by atoms with Crippen LogP contribution in [0, 0.1) is 31.1 Å². The molecule has 1 aliphatic rings. The number of rotatable bonds is 3. The van der Waals surface area contributed by atoms with Crippen molar-refractivity contribution in [2.75, 3.05) is 24.5 Å². The van der Waals surface area contributed by atoms with E-state index in [1.165, 1.54) is 0 Å². The van der Waals surface area contributed by atoms with Gasteiger partial charge >= 0.3 is 0 Å². The number of aromatic nitrogens is 2. The van der Waals surface area contributed by atoms with E-state index in [0.717, 1.165) is 56.0 Å². The van der Waals surface area contributed by atoms with Gasteiger partial charge in [-0.05, 0) is 51.1 Å². The second-order valence-corrected chi connectivity index (χ2v) is 5.23. The highest BCUT2D eigenvalue weighted by Gasteiger charge is 2.23. The molecule has 0 bridgehead atoms. The monoisotopic (exact) mass is 259 g/mol. The van der Waals surface area contributed by atoms with E-state index >= 15 is 0 Å². The van der Waals surface area contributed by atoms with Crippen molar-refractivity contribution >= 4 is 5.82 Å². The van der Waals surface area contributed by atoms with Gasteiger partial charge in [0.15, 0.2) is 5.82 Å². The van der Waals surface area contributed by atoms with Crippen LogP contribution in [0.25, 0.3) is 0 Å². The van der Waals surface area contributed by atoms with E-state index in [1.54, 1.807) is 0 Å². The number of nitriles is 1. The van der Waals surface area contributed by atoms with Crippen LogP contribution in [0.1, 0.15) is 36.1 Å². The van der Waals surface area contributed by atoms with Gasteiger partial charge in [0.1, 0.15) is 11.6 Å². The highest BCUT2D eigenvalue weighted by Crippen LogP contribution is 2.27. The Labute approximate surface area is 114 Å². The van der Waals surface area contributed by atoms with Crippen LogP contribution in [0.3, 0.4) is 0 Å². The zero-order valence-corrected chi connectivity index (χ0v) is 11.7. The number of nitrogens with zero attached hydrogens (tertiary/aromatic N) is 4. The molecule has 2 heterocycles. The SMILES string of the molecule is Cc1nnc(N2CCC(CCN)CC2)c(C#N)c1C. The maximum Gasteiger partial charge on any atom is 0.169 e. The summed E-state index contributed by atoms with van der Waals surface area (Å²) in [5, 5.41) is 17.7. The maximum absolute atomic E-state index is 9.33. The lowest BCUT2D eigenvalue weighted by atomic mass is 9.93. The fraction of sp³-hybridized carbons (Fsp3) is 0.643. The van der Waals surface area contributed by atoms with Crippen molar-refractivity contribution < 1.29 is 0 Å². The molecule has 1 aromatic heterocycles. The first-order chi connectivity index (χ1) is 9.17. The van der Waals surface area contributed by atoms with Crippen LogP contribution < -0.4 is 10.6 Å². The average Bonchev–Trinajstić information content (AvgIpc) is 2.43. The minimum Gasteiger partial charge on any atom is -0.354 e. The van der Waals surface area contributed by atoms with Gasteiger partial charge in [-0.25, -0.2) is 0 Å². The van der Waals surface area contributed by atoms with Gasteiger partial charge in [-0.2, -0.15) is 10.4 Å². The molecule has 19 heavy (non-hydrogen) atoms. The fourth-order valence-corrected chi connectivity index (χ4v) is 2.62. The molecule has 5 nitrogen and oxygen atoms in total. The first-order valence-electron chi connectivity index (χ1n) is 6.86. The summed E-state index contributed by atoms with van der Waals surface area (Å²) in [6.45, 7) is 6.47. The molecule has 5 heteroatoms. The van der Waals surface area contributed by atoms with E-state index in [2.05, 4.69) is 21.2 Å². The molecular formula is C14H21N5. The standard InChI is InChI=1S/C14H21N5/c1-10-11(2)17-18-14(13(10)9-16)19-7-4-12(3-6-15)5-8-19/h12H,3-8,15H2,1-2H3. The third-order valence-corrected chi connectivity index (χ3v) is 4.04. The zero-order valence-electron chi connectivity index (χ0n) is 11.7. The third-order valence-electron chi connectivity index (χ3n) is 4.04. The molecule has 0 aromatic carbocycles. The lowest BCUT2D eigenvalue weighted by molar-refractivity contribution is 0.384. The molecule has 0 atom stereocenters.